The molecular formula is C21H22N4O4S. The van der Waals surface area contributed by atoms with Crippen LogP contribution in [0.25, 0.3) is 0 Å². The maximum Gasteiger partial charge on any atom is 0.344 e. The molecule has 2 heterocycles. The third-order valence-electron chi connectivity index (χ3n) is 5.63. The van der Waals surface area contributed by atoms with Crippen molar-refractivity contribution in [2.24, 2.45) is 5.92 Å². The Bertz CT molecular complexity index is 996. The normalized spacial score (nSPS) is 23.4. The second-order valence-corrected chi connectivity index (χ2v) is 8.74. The number of rotatable bonds is 4. The van der Waals surface area contributed by atoms with Gasteiger partial charge in [0.05, 0.1) is 4.88 Å². The van der Waals surface area contributed by atoms with Crippen LogP contribution in [0.1, 0.15) is 52.6 Å². The molecule has 8 nitrogen and oxygen atoms in total. The van der Waals surface area contributed by atoms with Crippen molar-refractivity contribution in [2.75, 3.05) is 5.32 Å². The lowest BCUT2D eigenvalue weighted by atomic mass is 9.77. The van der Waals surface area contributed by atoms with E-state index in [2.05, 4.69) is 23.0 Å². The summed E-state index contributed by atoms with van der Waals surface area (Å²) in [5, 5.41) is 8.07. The number of carbonyl (C=O) groups excluding carboxylic acids is 4. The number of nitrogens with zero attached hydrogens (tertiary/aromatic N) is 1. The van der Waals surface area contributed by atoms with Gasteiger partial charge in [-0.2, -0.15) is 5.01 Å². The molecule has 3 N–H and O–H groups in total. The minimum atomic E-state index is -0.923. The molecule has 0 unspecified atom stereocenters. The molecular weight excluding hydrogens is 404 g/mol. The minimum absolute atomic E-state index is 0.220. The maximum atomic E-state index is 12.9. The molecule has 1 aromatic heterocycles. The van der Waals surface area contributed by atoms with Gasteiger partial charge in [-0.05, 0) is 61.2 Å². The summed E-state index contributed by atoms with van der Waals surface area (Å²) in [4.78, 5) is 50.7. The zero-order valence-corrected chi connectivity index (χ0v) is 17.3. The largest absolute Gasteiger partial charge is 0.344 e. The SMILES string of the molecule is CC1CCC2(CC1)NC(=O)N(NC(=O)c1cccc(NC(=O)c3cccs3)c1)C2=O. The zero-order chi connectivity index (χ0) is 21.3. The average Bonchev–Trinajstić information content (AvgIpc) is 3.34. The highest BCUT2D eigenvalue weighted by Crippen LogP contribution is 2.35. The molecule has 2 aromatic rings. The van der Waals surface area contributed by atoms with Crippen LogP contribution in [-0.4, -0.2) is 34.3 Å². The van der Waals surface area contributed by atoms with E-state index in [1.165, 1.54) is 17.4 Å². The molecule has 4 rings (SSSR count). The number of urea groups is 1. The summed E-state index contributed by atoms with van der Waals surface area (Å²) in [7, 11) is 0. The summed E-state index contributed by atoms with van der Waals surface area (Å²) in [5.74, 6) is -0.789. The summed E-state index contributed by atoms with van der Waals surface area (Å²) in [6, 6.07) is 9.19. The second-order valence-electron chi connectivity index (χ2n) is 7.79. The highest BCUT2D eigenvalue weighted by molar-refractivity contribution is 7.12. The van der Waals surface area contributed by atoms with E-state index in [9.17, 15) is 19.2 Å². The van der Waals surface area contributed by atoms with Crippen molar-refractivity contribution in [3.63, 3.8) is 0 Å². The Morgan fingerprint density at radius 1 is 1.13 bits per heavy atom. The number of imide groups is 1. The molecule has 30 heavy (non-hydrogen) atoms. The highest BCUT2D eigenvalue weighted by Gasteiger charge is 2.52. The minimum Gasteiger partial charge on any atom is -0.322 e. The summed E-state index contributed by atoms with van der Waals surface area (Å²) >= 11 is 1.31. The molecule has 2 aliphatic rings. The molecule has 2 fully saturated rings. The first kappa shape index (κ1) is 20.1. The van der Waals surface area contributed by atoms with E-state index in [1.807, 2.05) is 0 Å². The predicted molar refractivity (Wildman–Crippen MR) is 112 cm³/mol. The van der Waals surface area contributed by atoms with Gasteiger partial charge in [0, 0.05) is 11.3 Å². The van der Waals surface area contributed by atoms with Gasteiger partial charge >= 0.3 is 6.03 Å². The van der Waals surface area contributed by atoms with Gasteiger partial charge in [-0.1, -0.05) is 19.1 Å². The van der Waals surface area contributed by atoms with Crippen LogP contribution in [0, 0.1) is 5.92 Å². The van der Waals surface area contributed by atoms with Gasteiger partial charge in [0.1, 0.15) is 5.54 Å². The number of benzene rings is 1. The Morgan fingerprint density at radius 3 is 2.60 bits per heavy atom. The van der Waals surface area contributed by atoms with E-state index in [1.54, 1.807) is 35.7 Å². The number of thiophene rings is 1. The van der Waals surface area contributed by atoms with Crippen molar-refractivity contribution in [3.05, 3.63) is 52.2 Å². The lowest BCUT2D eigenvalue weighted by Crippen LogP contribution is -2.51. The predicted octanol–water partition coefficient (Wildman–Crippen LogP) is 3.15. The van der Waals surface area contributed by atoms with E-state index in [4.69, 9.17) is 0 Å². The van der Waals surface area contributed by atoms with Crippen LogP contribution >= 0.6 is 11.3 Å². The van der Waals surface area contributed by atoms with Crippen molar-refractivity contribution in [2.45, 2.75) is 38.1 Å². The molecule has 1 aromatic carbocycles. The number of carbonyl (C=O) groups is 4. The van der Waals surface area contributed by atoms with Crippen LogP contribution in [0.2, 0.25) is 0 Å². The number of anilines is 1. The monoisotopic (exact) mass is 426 g/mol. The van der Waals surface area contributed by atoms with Gasteiger partial charge in [-0.3, -0.25) is 19.8 Å². The molecule has 1 saturated heterocycles. The average molecular weight is 426 g/mol. The summed E-state index contributed by atoms with van der Waals surface area (Å²) < 4.78 is 0. The molecule has 0 atom stereocenters. The first-order valence-electron chi connectivity index (χ1n) is 9.80. The number of hydrogen-bond donors (Lipinski definition) is 3. The Hall–Kier alpha value is -3.20. The first-order valence-corrected chi connectivity index (χ1v) is 10.7. The molecule has 5 amide bonds. The van der Waals surface area contributed by atoms with Crippen molar-refractivity contribution in [3.8, 4) is 0 Å². The van der Waals surface area contributed by atoms with Gasteiger partial charge in [0.2, 0.25) is 0 Å². The molecule has 156 valence electrons. The smallest absolute Gasteiger partial charge is 0.322 e. The van der Waals surface area contributed by atoms with Crippen molar-refractivity contribution in [1.82, 2.24) is 15.8 Å². The molecule has 9 heteroatoms. The highest BCUT2D eigenvalue weighted by atomic mass is 32.1. The lowest BCUT2D eigenvalue weighted by Gasteiger charge is -2.33. The van der Waals surface area contributed by atoms with E-state index < -0.39 is 23.4 Å². The molecule has 1 saturated carbocycles. The van der Waals surface area contributed by atoms with E-state index in [0.717, 1.165) is 17.9 Å². The fourth-order valence-corrected chi connectivity index (χ4v) is 4.44. The number of hydrazine groups is 1. The van der Waals surface area contributed by atoms with Crippen LogP contribution in [0.3, 0.4) is 0 Å². The molecule has 0 radical (unpaired) electrons. The summed E-state index contributed by atoms with van der Waals surface area (Å²) in [6.45, 7) is 2.12. The Labute approximate surface area is 177 Å². The van der Waals surface area contributed by atoms with Gasteiger partial charge < -0.3 is 10.6 Å². The Kier molecular flexibility index (Phi) is 5.29. The standard InChI is InChI=1S/C21H22N4O4S/c1-13-7-9-21(10-8-13)19(28)25(20(29)23-21)24-17(26)14-4-2-5-15(12-14)22-18(27)16-6-3-11-30-16/h2-6,11-13H,7-10H2,1H3,(H,22,27)(H,23,29)(H,24,26). The first-order chi connectivity index (χ1) is 14.4. The fourth-order valence-electron chi connectivity index (χ4n) is 3.82. The molecule has 1 aliphatic carbocycles. The third kappa shape index (κ3) is 3.80. The Balaban J connectivity index is 1.44. The number of hydrogen-bond acceptors (Lipinski definition) is 5. The second kappa shape index (κ2) is 7.91. The number of amides is 5. The van der Waals surface area contributed by atoms with Crippen molar-refractivity contribution in [1.29, 1.82) is 0 Å². The van der Waals surface area contributed by atoms with Crippen molar-refractivity contribution < 1.29 is 19.2 Å². The summed E-state index contributed by atoms with van der Waals surface area (Å²) in [5.41, 5.74) is 2.15. The molecule has 0 bridgehead atoms. The zero-order valence-electron chi connectivity index (χ0n) is 16.4. The maximum absolute atomic E-state index is 12.9. The summed E-state index contributed by atoms with van der Waals surface area (Å²) in [6.07, 6.45) is 2.82. The van der Waals surface area contributed by atoms with Gasteiger partial charge in [0.25, 0.3) is 17.7 Å². The molecule has 1 spiro atoms. The van der Waals surface area contributed by atoms with Crippen molar-refractivity contribution >= 4 is 40.8 Å². The van der Waals surface area contributed by atoms with Crippen LogP contribution < -0.4 is 16.1 Å². The number of nitrogens with one attached hydrogen (secondary N) is 3. The quantitative estimate of drug-likeness (QED) is 0.653. The van der Waals surface area contributed by atoms with Gasteiger partial charge in [-0.15, -0.1) is 11.3 Å². The van der Waals surface area contributed by atoms with E-state index in [0.29, 0.717) is 29.3 Å². The van der Waals surface area contributed by atoms with Crippen LogP contribution in [0.15, 0.2) is 41.8 Å². The van der Waals surface area contributed by atoms with Gasteiger partial charge in [-0.25, -0.2) is 4.79 Å². The van der Waals surface area contributed by atoms with Crippen LogP contribution in [0.5, 0.6) is 0 Å². The lowest BCUT2D eigenvalue weighted by molar-refractivity contribution is -0.134. The fraction of sp³-hybridized carbons (Fsp3) is 0.333. The van der Waals surface area contributed by atoms with Crippen LogP contribution in [-0.2, 0) is 4.79 Å². The van der Waals surface area contributed by atoms with Gasteiger partial charge in [0.15, 0.2) is 0 Å². The Morgan fingerprint density at radius 2 is 1.90 bits per heavy atom. The molecule has 1 aliphatic heterocycles. The van der Waals surface area contributed by atoms with E-state index in [-0.39, 0.29) is 11.5 Å². The topological polar surface area (TPSA) is 108 Å². The van der Waals surface area contributed by atoms with Crippen LogP contribution in [0.4, 0.5) is 10.5 Å². The third-order valence-corrected chi connectivity index (χ3v) is 6.50. The van der Waals surface area contributed by atoms with E-state index >= 15 is 0 Å².